The molecule has 1 aromatic rings. The summed E-state index contributed by atoms with van der Waals surface area (Å²) < 4.78 is 0. The molecule has 0 radical (unpaired) electrons. The maximum atomic E-state index is 11.2. The molecule has 0 spiro atoms. The molecule has 0 aliphatic rings. The van der Waals surface area contributed by atoms with Crippen molar-refractivity contribution < 1.29 is 36.3 Å². The SMILES string of the molecule is O=C([O-])C(=O)/C=C(\[O-])c1ccccc1.[Ni+2]. The van der Waals surface area contributed by atoms with Gasteiger partial charge in [-0.2, -0.15) is 0 Å². The zero-order valence-corrected chi connectivity index (χ0v) is 8.40. The average molecular weight is 249 g/mol. The smallest absolute Gasteiger partial charge is 0.872 e. The Bertz CT molecular complexity index is 384. The van der Waals surface area contributed by atoms with E-state index < -0.39 is 17.5 Å². The van der Waals surface area contributed by atoms with Crippen molar-refractivity contribution in [1.29, 1.82) is 0 Å². The van der Waals surface area contributed by atoms with E-state index in [0.29, 0.717) is 6.08 Å². The Morgan fingerprint density at radius 2 is 1.60 bits per heavy atom. The summed E-state index contributed by atoms with van der Waals surface area (Å²) >= 11 is 0. The number of aliphatic carboxylic acids is 1. The molecule has 0 atom stereocenters. The number of carboxylic acid groups (broad SMARTS) is 1. The number of benzene rings is 1. The minimum Gasteiger partial charge on any atom is -0.872 e. The Hall–Kier alpha value is -1.61. The molecule has 4 nitrogen and oxygen atoms in total. The molecule has 0 aliphatic carbocycles. The minimum atomic E-state index is -1.88. The Morgan fingerprint density at radius 3 is 2.07 bits per heavy atom. The average Bonchev–Trinajstić information content (AvgIpc) is 2.19. The minimum absolute atomic E-state index is 0. The third-order valence-corrected chi connectivity index (χ3v) is 1.52. The second-order valence-electron chi connectivity index (χ2n) is 2.53. The van der Waals surface area contributed by atoms with E-state index in [2.05, 4.69) is 0 Å². The number of carbonyl (C=O) groups excluding carboxylic acids is 2. The van der Waals surface area contributed by atoms with Crippen LogP contribution in [0, 0.1) is 0 Å². The fourth-order valence-electron chi connectivity index (χ4n) is 0.864. The third-order valence-electron chi connectivity index (χ3n) is 1.52. The predicted molar refractivity (Wildman–Crippen MR) is 44.4 cm³/mol. The molecule has 0 N–H and O–H groups in total. The van der Waals surface area contributed by atoms with Crippen molar-refractivity contribution in [2.45, 2.75) is 0 Å². The molecule has 0 aliphatic heterocycles. The van der Waals surface area contributed by atoms with Gasteiger partial charge in [-0.05, 0) is 11.6 Å². The molecular formula is C10H6NiO4. The fraction of sp³-hybridized carbons (Fsp3) is 0. The number of hydrogen-bond acceptors (Lipinski definition) is 4. The molecule has 0 amide bonds. The van der Waals surface area contributed by atoms with Gasteiger partial charge >= 0.3 is 16.5 Å². The molecule has 1 aromatic carbocycles. The summed E-state index contributed by atoms with van der Waals surface area (Å²) in [5.41, 5.74) is 0.266. The van der Waals surface area contributed by atoms with E-state index in [1.54, 1.807) is 18.2 Å². The van der Waals surface area contributed by atoms with Gasteiger partial charge in [-0.3, -0.25) is 4.79 Å². The maximum absolute atomic E-state index is 11.2. The van der Waals surface area contributed by atoms with E-state index in [1.807, 2.05) is 0 Å². The Morgan fingerprint density at radius 1 is 1.07 bits per heavy atom. The van der Waals surface area contributed by atoms with Crippen molar-refractivity contribution in [3.8, 4) is 0 Å². The number of hydrogen-bond donors (Lipinski definition) is 0. The molecule has 0 fully saturated rings. The normalized spacial score (nSPS) is 10.3. The van der Waals surface area contributed by atoms with Gasteiger partial charge in [-0.1, -0.05) is 36.1 Å². The molecule has 0 bridgehead atoms. The van der Waals surface area contributed by atoms with E-state index in [-0.39, 0.29) is 22.1 Å². The van der Waals surface area contributed by atoms with Crippen LogP contribution < -0.4 is 10.2 Å². The van der Waals surface area contributed by atoms with Crippen molar-refractivity contribution in [1.82, 2.24) is 0 Å². The van der Waals surface area contributed by atoms with Gasteiger partial charge in [0.25, 0.3) is 0 Å². The first kappa shape index (κ1) is 13.4. The van der Waals surface area contributed by atoms with Gasteiger partial charge in [0.15, 0.2) is 0 Å². The predicted octanol–water partition coefficient (Wildman–Crippen LogP) is -1.30. The summed E-state index contributed by atoms with van der Waals surface area (Å²) in [6.45, 7) is 0. The third kappa shape index (κ3) is 3.96. The van der Waals surface area contributed by atoms with E-state index in [9.17, 15) is 19.8 Å². The van der Waals surface area contributed by atoms with Gasteiger partial charge in [-0.25, -0.2) is 0 Å². The van der Waals surface area contributed by atoms with E-state index in [4.69, 9.17) is 0 Å². The zero-order valence-electron chi connectivity index (χ0n) is 7.41. The van der Waals surface area contributed by atoms with E-state index in [1.165, 1.54) is 12.1 Å². The molecule has 0 unspecified atom stereocenters. The van der Waals surface area contributed by atoms with Crippen molar-refractivity contribution in [2.75, 3.05) is 0 Å². The van der Waals surface area contributed by atoms with Gasteiger partial charge in [0.2, 0.25) is 5.78 Å². The van der Waals surface area contributed by atoms with Crippen LogP contribution in [0.1, 0.15) is 5.56 Å². The van der Waals surface area contributed by atoms with Crippen molar-refractivity contribution in [3.63, 3.8) is 0 Å². The zero-order chi connectivity index (χ0) is 10.6. The number of carbonyl (C=O) groups is 2. The first-order chi connectivity index (χ1) is 6.61. The van der Waals surface area contributed by atoms with Gasteiger partial charge in [0.05, 0.1) is 0 Å². The van der Waals surface area contributed by atoms with Crippen molar-refractivity contribution >= 4 is 17.5 Å². The van der Waals surface area contributed by atoms with Crippen LogP contribution in [-0.2, 0) is 26.1 Å². The molecule has 15 heavy (non-hydrogen) atoms. The first-order valence-electron chi connectivity index (χ1n) is 3.80. The van der Waals surface area contributed by atoms with Crippen LogP contribution in [0.15, 0.2) is 36.4 Å². The molecule has 0 heterocycles. The molecular weight excluding hydrogens is 243 g/mol. The fourth-order valence-corrected chi connectivity index (χ4v) is 0.864. The molecule has 0 aromatic heterocycles. The summed E-state index contributed by atoms with van der Waals surface area (Å²) in [5, 5.41) is 21.2. The van der Waals surface area contributed by atoms with Crippen LogP contribution in [0.5, 0.6) is 0 Å². The second-order valence-corrected chi connectivity index (χ2v) is 2.53. The molecule has 1 rings (SSSR count). The van der Waals surface area contributed by atoms with Crippen molar-refractivity contribution in [2.24, 2.45) is 0 Å². The van der Waals surface area contributed by atoms with Crippen LogP contribution in [0.3, 0.4) is 0 Å². The summed E-state index contributed by atoms with van der Waals surface area (Å²) in [6, 6.07) is 7.91. The topological polar surface area (TPSA) is 80.3 Å². The molecule has 0 saturated carbocycles. The number of carboxylic acids is 1. The van der Waals surface area contributed by atoms with Crippen LogP contribution in [0.2, 0.25) is 0 Å². The van der Waals surface area contributed by atoms with Gasteiger partial charge in [0, 0.05) is 0 Å². The Labute approximate surface area is 96.2 Å². The molecule has 80 valence electrons. The summed E-state index contributed by atoms with van der Waals surface area (Å²) in [4.78, 5) is 20.6. The second kappa shape index (κ2) is 5.99. The first-order valence-corrected chi connectivity index (χ1v) is 3.80. The van der Waals surface area contributed by atoms with Crippen molar-refractivity contribution in [3.05, 3.63) is 42.0 Å². The summed E-state index contributed by atoms with van der Waals surface area (Å²) in [6.07, 6.45) is 0.505. The monoisotopic (exact) mass is 248 g/mol. The molecule has 0 saturated heterocycles. The van der Waals surface area contributed by atoms with E-state index >= 15 is 0 Å². The van der Waals surface area contributed by atoms with E-state index in [0.717, 1.165) is 0 Å². The Kier molecular flexibility index (Phi) is 5.35. The van der Waals surface area contributed by atoms with Gasteiger partial charge < -0.3 is 15.0 Å². The number of rotatable bonds is 3. The standard InChI is InChI=1S/C10H8O4.Ni/c11-8(6-9(12)10(13)14)7-4-2-1-3-5-7;/h1-6,11H,(H,13,14);/q;+2/p-2/b8-6-;. The van der Waals surface area contributed by atoms with Crippen LogP contribution in [0.25, 0.3) is 5.76 Å². The molecule has 5 heteroatoms. The van der Waals surface area contributed by atoms with Gasteiger partial charge in [-0.15, -0.1) is 0 Å². The quantitative estimate of drug-likeness (QED) is 0.288. The summed E-state index contributed by atoms with van der Waals surface area (Å²) in [5.74, 6) is -3.84. The maximum Gasteiger partial charge on any atom is 2.00 e. The van der Waals surface area contributed by atoms with Crippen LogP contribution in [-0.4, -0.2) is 11.8 Å². The largest absolute Gasteiger partial charge is 2.00 e. The van der Waals surface area contributed by atoms with Gasteiger partial charge in [0.1, 0.15) is 5.97 Å². The number of ketones is 1. The summed E-state index contributed by atoms with van der Waals surface area (Å²) in [7, 11) is 0. The van der Waals surface area contributed by atoms with Crippen LogP contribution in [0.4, 0.5) is 0 Å². The van der Waals surface area contributed by atoms with Crippen LogP contribution >= 0.6 is 0 Å². The Balaban J connectivity index is 0.00000196.